The standard InChI is InChI=1S/C57H98O6/c1-4-7-10-13-16-19-22-25-28-31-34-37-40-43-46-49-55(58)62-51-53(54(57(60)61)48-45-42-39-36-33-30-27-24-21-18-15-12-9-6-3)52-63-56(59)50-47-44-41-38-35-32-29-26-23-20-17-14-11-8-5-2/h16-21,25-30,53-54H,4-15,22-24,31-52H2,1-3H3,(H,60,61)/b19-16-,20-17-,21-18-,28-25-,29-26-,30-27-. The number of carboxylic acids is 1. The van der Waals surface area contributed by atoms with Gasteiger partial charge in [0, 0.05) is 18.8 Å². The van der Waals surface area contributed by atoms with E-state index in [1.54, 1.807) is 0 Å². The van der Waals surface area contributed by atoms with Gasteiger partial charge in [-0.2, -0.15) is 0 Å². The van der Waals surface area contributed by atoms with E-state index < -0.39 is 17.8 Å². The predicted octanol–water partition coefficient (Wildman–Crippen LogP) is 17.4. The average Bonchev–Trinajstić information content (AvgIpc) is 3.27. The highest BCUT2D eigenvalue weighted by molar-refractivity contribution is 5.72. The second-order valence-corrected chi connectivity index (χ2v) is 17.7. The molecule has 0 aromatic carbocycles. The van der Waals surface area contributed by atoms with Crippen molar-refractivity contribution < 1.29 is 29.0 Å². The number of carbonyl (C=O) groups is 3. The molecule has 362 valence electrons. The number of ether oxygens (including phenoxy) is 2. The SMILES string of the molecule is CCCCC/C=C\C/C=C\CCCCCCCC(=O)OCC(COC(=O)CCCCCCC/C=C\C/C=C\CCCCC)C(CCCCCC/C=C\C/C=C\CCCCC)C(=O)O. The Morgan fingerprint density at radius 2 is 0.667 bits per heavy atom. The summed E-state index contributed by atoms with van der Waals surface area (Å²) in [6.45, 7) is 6.62. The molecule has 0 saturated heterocycles. The Bertz CT molecular complexity index is 1150. The van der Waals surface area contributed by atoms with E-state index in [1.165, 1.54) is 70.6 Å². The molecule has 0 spiro atoms. The van der Waals surface area contributed by atoms with E-state index in [0.717, 1.165) is 135 Å². The van der Waals surface area contributed by atoms with Crippen LogP contribution in [0, 0.1) is 11.8 Å². The van der Waals surface area contributed by atoms with Crippen molar-refractivity contribution in [2.45, 2.75) is 245 Å². The van der Waals surface area contributed by atoms with Crippen molar-refractivity contribution in [3.05, 3.63) is 72.9 Å². The first-order chi connectivity index (χ1) is 31.0. The van der Waals surface area contributed by atoms with Gasteiger partial charge in [-0.3, -0.25) is 14.4 Å². The zero-order valence-corrected chi connectivity index (χ0v) is 41.2. The number of esters is 2. The number of aliphatic carboxylic acids is 1. The summed E-state index contributed by atoms with van der Waals surface area (Å²) in [5.74, 6) is -2.82. The fraction of sp³-hybridized carbons (Fsp3) is 0.737. The molecule has 1 N–H and O–H groups in total. The number of allylic oxidation sites excluding steroid dienone is 12. The lowest BCUT2D eigenvalue weighted by atomic mass is 9.88. The molecule has 0 fully saturated rings. The number of hydrogen-bond donors (Lipinski definition) is 1. The Balaban J connectivity index is 4.70. The molecule has 0 saturated carbocycles. The third kappa shape index (κ3) is 45.2. The van der Waals surface area contributed by atoms with Gasteiger partial charge in [-0.15, -0.1) is 0 Å². The van der Waals surface area contributed by atoms with Crippen LogP contribution in [0.1, 0.15) is 245 Å². The van der Waals surface area contributed by atoms with Crippen molar-refractivity contribution in [1.82, 2.24) is 0 Å². The smallest absolute Gasteiger partial charge is 0.307 e. The third-order valence-electron chi connectivity index (χ3n) is 11.7. The van der Waals surface area contributed by atoms with Gasteiger partial charge in [0.25, 0.3) is 0 Å². The fourth-order valence-electron chi connectivity index (χ4n) is 7.55. The van der Waals surface area contributed by atoms with Gasteiger partial charge in [0.05, 0.1) is 19.1 Å². The van der Waals surface area contributed by atoms with Crippen LogP contribution < -0.4 is 0 Å². The minimum absolute atomic E-state index is 0.0368. The van der Waals surface area contributed by atoms with Crippen molar-refractivity contribution in [3.8, 4) is 0 Å². The van der Waals surface area contributed by atoms with Crippen LogP contribution in [0.2, 0.25) is 0 Å². The summed E-state index contributed by atoms with van der Waals surface area (Å²) in [7, 11) is 0. The second kappa shape index (κ2) is 49.9. The van der Waals surface area contributed by atoms with E-state index in [4.69, 9.17) is 9.47 Å². The average molecular weight is 879 g/mol. The summed E-state index contributed by atoms with van der Waals surface area (Å²) in [6, 6.07) is 0. The molecule has 0 bridgehead atoms. The number of unbranched alkanes of at least 4 members (excludes halogenated alkanes) is 23. The highest BCUT2D eigenvalue weighted by Gasteiger charge is 2.30. The Kier molecular flexibility index (Phi) is 47.4. The van der Waals surface area contributed by atoms with Crippen molar-refractivity contribution in [3.63, 3.8) is 0 Å². The molecule has 0 aromatic heterocycles. The van der Waals surface area contributed by atoms with E-state index in [0.29, 0.717) is 19.3 Å². The predicted molar refractivity (Wildman–Crippen MR) is 270 cm³/mol. The van der Waals surface area contributed by atoms with Crippen LogP contribution in [0.15, 0.2) is 72.9 Å². The van der Waals surface area contributed by atoms with E-state index in [-0.39, 0.29) is 25.2 Å². The van der Waals surface area contributed by atoms with Crippen molar-refractivity contribution in [2.24, 2.45) is 11.8 Å². The molecule has 0 aliphatic carbocycles. The van der Waals surface area contributed by atoms with Gasteiger partial charge >= 0.3 is 17.9 Å². The summed E-state index contributed by atoms with van der Waals surface area (Å²) in [5.41, 5.74) is 0. The number of carbonyl (C=O) groups excluding carboxylic acids is 2. The zero-order valence-electron chi connectivity index (χ0n) is 41.2. The molecular weight excluding hydrogens is 781 g/mol. The van der Waals surface area contributed by atoms with Crippen LogP contribution in [-0.2, 0) is 23.9 Å². The maximum absolute atomic E-state index is 12.8. The lowest BCUT2D eigenvalue weighted by Gasteiger charge is -2.24. The monoisotopic (exact) mass is 879 g/mol. The van der Waals surface area contributed by atoms with E-state index >= 15 is 0 Å². The Morgan fingerprint density at radius 1 is 0.381 bits per heavy atom. The van der Waals surface area contributed by atoms with Crippen molar-refractivity contribution >= 4 is 17.9 Å². The van der Waals surface area contributed by atoms with Gasteiger partial charge < -0.3 is 14.6 Å². The summed E-state index contributed by atoms with van der Waals surface area (Å²) >= 11 is 0. The van der Waals surface area contributed by atoms with Crippen molar-refractivity contribution in [1.29, 1.82) is 0 Å². The molecule has 6 nitrogen and oxygen atoms in total. The van der Waals surface area contributed by atoms with E-state index in [1.807, 2.05) is 0 Å². The third-order valence-corrected chi connectivity index (χ3v) is 11.7. The molecule has 0 aromatic rings. The van der Waals surface area contributed by atoms with Crippen LogP contribution in [0.3, 0.4) is 0 Å². The van der Waals surface area contributed by atoms with Gasteiger partial charge in [0.2, 0.25) is 0 Å². The minimum Gasteiger partial charge on any atom is -0.481 e. The number of carboxylic acid groups (broad SMARTS) is 1. The normalized spacial score (nSPS) is 12.8. The zero-order chi connectivity index (χ0) is 45.9. The van der Waals surface area contributed by atoms with Gasteiger partial charge in [-0.05, 0) is 116 Å². The highest BCUT2D eigenvalue weighted by atomic mass is 16.5. The second-order valence-electron chi connectivity index (χ2n) is 17.7. The topological polar surface area (TPSA) is 89.9 Å². The molecule has 0 aliphatic heterocycles. The molecule has 0 radical (unpaired) electrons. The van der Waals surface area contributed by atoms with Crippen LogP contribution in [-0.4, -0.2) is 36.2 Å². The highest BCUT2D eigenvalue weighted by Crippen LogP contribution is 2.23. The largest absolute Gasteiger partial charge is 0.481 e. The van der Waals surface area contributed by atoms with Gasteiger partial charge in [0.1, 0.15) is 0 Å². The molecule has 63 heavy (non-hydrogen) atoms. The maximum Gasteiger partial charge on any atom is 0.307 e. The van der Waals surface area contributed by atoms with Crippen LogP contribution in [0.5, 0.6) is 0 Å². The summed E-state index contributed by atoms with van der Waals surface area (Å²) < 4.78 is 11.3. The first-order valence-electron chi connectivity index (χ1n) is 26.4. The Morgan fingerprint density at radius 3 is 0.984 bits per heavy atom. The lowest BCUT2D eigenvalue weighted by molar-refractivity contribution is -0.157. The molecule has 1 unspecified atom stereocenters. The molecule has 1 atom stereocenters. The quantitative estimate of drug-likeness (QED) is 0.0372. The molecule has 0 amide bonds. The molecular formula is C57H98O6. The van der Waals surface area contributed by atoms with Crippen LogP contribution in [0.4, 0.5) is 0 Å². The van der Waals surface area contributed by atoms with Crippen LogP contribution >= 0.6 is 0 Å². The molecule has 6 heteroatoms. The van der Waals surface area contributed by atoms with Gasteiger partial charge in [-0.1, -0.05) is 190 Å². The fourth-order valence-corrected chi connectivity index (χ4v) is 7.55. The lowest BCUT2D eigenvalue weighted by Crippen LogP contribution is -2.32. The van der Waals surface area contributed by atoms with Crippen molar-refractivity contribution in [2.75, 3.05) is 13.2 Å². The summed E-state index contributed by atoms with van der Waals surface area (Å²) in [6.07, 6.45) is 63.7. The number of rotatable bonds is 47. The van der Waals surface area contributed by atoms with Gasteiger partial charge in [-0.25, -0.2) is 0 Å². The molecule has 0 rings (SSSR count). The number of hydrogen-bond acceptors (Lipinski definition) is 5. The summed E-state index contributed by atoms with van der Waals surface area (Å²) in [4.78, 5) is 38.1. The van der Waals surface area contributed by atoms with Crippen LogP contribution in [0.25, 0.3) is 0 Å². The Labute approximate surface area is 389 Å². The molecule has 0 aliphatic rings. The maximum atomic E-state index is 12.8. The van der Waals surface area contributed by atoms with E-state index in [9.17, 15) is 19.5 Å². The molecule has 0 heterocycles. The summed E-state index contributed by atoms with van der Waals surface area (Å²) in [5, 5.41) is 10.3. The first-order valence-corrected chi connectivity index (χ1v) is 26.4. The van der Waals surface area contributed by atoms with E-state index in [2.05, 4.69) is 93.7 Å². The Hall–Kier alpha value is -3.15. The minimum atomic E-state index is -0.916. The first kappa shape index (κ1) is 59.9. The van der Waals surface area contributed by atoms with Gasteiger partial charge in [0.15, 0.2) is 0 Å².